The smallest absolute Gasteiger partial charge is 0.295 e. The van der Waals surface area contributed by atoms with Crippen molar-refractivity contribution in [1.29, 1.82) is 0 Å². The second kappa shape index (κ2) is 8.33. The lowest BCUT2D eigenvalue weighted by atomic mass is 10.2. The van der Waals surface area contributed by atoms with E-state index in [0.29, 0.717) is 28.1 Å². The van der Waals surface area contributed by atoms with E-state index in [4.69, 9.17) is 9.47 Å². The lowest BCUT2D eigenvalue weighted by Gasteiger charge is -2.15. The molecule has 5 rings (SSSR count). The van der Waals surface area contributed by atoms with Crippen molar-refractivity contribution in [2.45, 2.75) is 40.3 Å². The first-order valence-electron chi connectivity index (χ1n) is 11.1. The predicted octanol–water partition coefficient (Wildman–Crippen LogP) is 3.11. The quantitative estimate of drug-likeness (QED) is 0.492. The normalized spacial score (nSPS) is 13.3. The van der Waals surface area contributed by atoms with E-state index in [-0.39, 0.29) is 19.2 Å². The Morgan fingerprint density at radius 3 is 2.56 bits per heavy atom. The predicted molar refractivity (Wildman–Crippen MR) is 126 cm³/mol. The third-order valence-corrected chi connectivity index (χ3v) is 6.08. The van der Waals surface area contributed by atoms with Crippen molar-refractivity contribution >= 4 is 16.8 Å². The van der Waals surface area contributed by atoms with Crippen molar-refractivity contribution < 1.29 is 14.3 Å². The van der Waals surface area contributed by atoms with Gasteiger partial charge in [-0.3, -0.25) is 9.59 Å². The van der Waals surface area contributed by atoms with Gasteiger partial charge in [0.1, 0.15) is 6.04 Å². The van der Waals surface area contributed by atoms with E-state index in [1.165, 1.54) is 4.68 Å². The van der Waals surface area contributed by atoms with Crippen molar-refractivity contribution in [1.82, 2.24) is 24.9 Å². The number of hydrogen-bond donors (Lipinski definition) is 1. The van der Waals surface area contributed by atoms with Gasteiger partial charge >= 0.3 is 0 Å². The van der Waals surface area contributed by atoms with Gasteiger partial charge in [0, 0.05) is 6.54 Å². The lowest BCUT2D eigenvalue weighted by Crippen LogP contribution is -2.37. The molecule has 9 nitrogen and oxygen atoms in total. The summed E-state index contributed by atoms with van der Waals surface area (Å²) in [7, 11) is 0. The van der Waals surface area contributed by atoms with Crippen molar-refractivity contribution in [3.63, 3.8) is 0 Å². The van der Waals surface area contributed by atoms with Crippen LogP contribution in [0.4, 0.5) is 0 Å². The summed E-state index contributed by atoms with van der Waals surface area (Å²) in [6.45, 7) is 7.88. The Kier molecular flexibility index (Phi) is 5.31. The van der Waals surface area contributed by atoms with Crippen LogP contribution in [-0.2, 0) is 11.3 Å². The molecule has 1 aliphatic heterocycles. The molecule has 0 saturated carbocycles. The van der Waals surface area contributed by atoms with E-state index < -0.39 is 11.6 Å². The number of amides is 1. The number of nitrogens with zero attached hydrogens (tertiary/aromatic N) is 4. The molecule has 174 valence electrons. The van der Waals surface area contributed by atoms with Gasteiger partial charge in [-0.2, -0.15) is 10.2 Å². The molecule has 9 heteroatoms. The Morgan fingerprint density at radius 1 is 1.06 bits per heavy atom. The average molecular weight is 460 g/mol. The summed E-state index contributed by atoms with van der Waals surface area (Å²) in [6, 6.07) is 12.6. The number of hydrogen-bond acceptors (Lipinski definition) is 6. The summed E-state index contributed by atoms with van der Waals surface area (Å²) >= 11 is 0. The molecule has 1 aliphatic rings. The van der Waals surface area contributed by atoms with Gasteiger partial charge in [-0.25, -0.2) is 9.36 Å². The molecule has 4 aromatic rings. The first-order chi connectivity index (χ1) is 16.3. The highest BCUT2D eigenvalue weighted by Crippen LogP contribution is 2.32. The first-order valence-corrected chi connectivity index (χ1v) is 11.1. The van der Waals surface area contributed by atoms with Gasteiger partial charge < -0.3 is 14.8 Å². The molecular formula is C25H25N5O4. The molecule has 0 saturated heterocycles. The molecule has 0 spiro atoms. The number of benzene rings is 2. The molecule has 1 atom stereocenters. The minimum atomic E-state index is -0.811. The number of aryl methyl sites for hydroxylation is 3. The summed E-state index contributed by atoms with van der Waals surface area (Å²) in [5, 5.41) is 12.6. The zero-order valence-corrected chi connectivity index (χ0v) is 19.5. The number of fused-ring (bicyclic) bond motifs is 2. The van der Waals surface area contributed by atoms with E-state index in [1.54, 1.807) is 11.6 Å². The summed E-state index contributed by atoms with van der Waals surface area (Å²) in [4.78, 5) is 26.2. The molecule has 0 unspecified atom stereocenters. The maximum atomic E-state index is 13.3. The SMILES string of the molecule is Cc1ccc(-n2nc3c(=O)n([C@@H](C)C(=O)NCc4ccc5c(c4)OCO5)nc(C)c3c2C)cc1. The summed E-state index contributed by atoms with van der Waals surface area (Å²) in [5.41, 5.74) is 4.22. The maximum Gasteiger partial charge on any atom is 0.295 e. The first kappa shape index (κ1) is 21.7. The van der Waals surface area contributed by atoms with Crippen LogP contribution in [0.2, 0.25) is 0 Å². The summed E-state index contributed by atoms with van der Waals surface area (Å²) in [5.74, 6) is 1.02. The third kappa shape index (κ3) is 3.68. The second-order valence-corrected chi connectivity index (χ2v) is 8.47. The van der Waals surface area contributed by atoms with Crippen molar-refractivity contribution in [2.24, 2.45) is 0 Å². The zero-order chi connectivity index (χ0) is 24.0. The standard InChI is InChI=1S/C25H25N5O4/c1-14-5-8-19(9-6-14)29-16(3)22-15(2)27-30(25(32)23(22)28-29)17(4)24(31)26-12-18-7-10-20-21(11-18)34-13-33-20/h5-11,17H,12-13H2,1-4H3,(H,26,31)/t17-/m0/s1. The molecule has 0 radical (unpaired) electrons. The Morgan fingerprint density at radius 2 is 1.79 bits per heavy atom. The van der Waals surface area contributed by atoms with E-state index in [9.17, 15) is 9.59 Å². The number of carbonyl (C=O) groups excluding carboxylic acids is 1. The third-order valence-electron chi connectivity index (χ3n) is 6.08. The van der Waals surface area contributed by atoms with Gasteiger partial charge in [-0.05, 0) is 57.5 Å². The number of rotatable bonds is 5. The van der Waals surface area contributed by atoms with Gasteiger partial charge in [0.2, 0.25) is 12.7 Å². The molecule has 0 aliphatic carbocycles. The zero-order valence-electron chi connectivity index (χ0n) is 19.5. The number of aromatic nitrogens is 4. The van der Waals surface area contributed by atoms with Crippen LogP contribution in [0.3, 0.4) is 0 Å². The van der Waals surface area contributed by atoms with Crippen LogP contribution in [-0.4, -0.2) is 32.3 Å². The number of nitrogens with one attached hydrogen (secondary N) is 1. The monoisotopic (exact) mass is 459 g/mol. The molecule has 2 aromatic carbocycles. The molecule has 1 amide bonds. The number of ether oxygens (including phenoxy) is 2. The van der Waals surface area contributed by atoms with E-state index in [0.717, 1.165) is 22.5 Å². The van der Waals surface area contributed by atoms with Crippen LogP contribution in [0, 0.1) is 20.8 Å². The minimum Gasteiger partial charge on any atom is -0.454 e. The Bertz CT molecular complexity index is 1470. The molecular weight excluding hydrogens is 434 g/mol. The van der Waals surface area contributed by atoms with Crippen molar-refractivity contribution in [3.8, 4) is 17.2 Å². The fourth-order valence-electron chi connectivity index (χ4n) is 4.15. The van der Waals surface area contributed by atoms with Gasteiger partial charge in [-0.1, -0.05) is 23.8 Å². The van der Waals surface area contributed by atoms with Gasteiger partial charge in [0.15, 0.2) is 17.0 Å². The number of carbonyl (C=O) groups is 1. The van der Waals surface area contributed by atoms with Crippen LogP contribution < -0.4 is 20.3 Å². The van der Waals surface area contributed by atoms with Gasteiger partial charge in [0.25, 0.3) is 5.56 Å². The van der Waals surface area contributed by atoms with Crippen molar-refractivity contribution in [3.05, 3.63) is 75.3 Å². The molecule has 3 heterocycles. The highest BCUT2D eigenvalue weighted by molar-refractivity contribution is 5.84. The maximum absolute atomic E-state index is 13.3. The molecule has 2 aromatic heterocycles. The van der Waals surface area contributed by atoms with E-state index in [2.05, 4.69) is 15.5 Å². The fraction of sp³-hybridized carbons (Fsp3) is 0.280. The van der Waals surface area contributed by atoms with Gasteiger partial charge in [-0.15, -0.1) is 0 Å². The Balaban J connectivity index is 1.42. The van der Waals surface area contributed by atoms with Crippen LogP contribution >= 0.6 is 0 Å². The highest BCUT2D eigenvalue weighted by Gasteiger charge is 2.23. The summed E-state index contributed by atoms with van der Waals surface area (Å²) < 4.78 is 13.6. The molecule has 34 heavy (non-hydrogen) atoms. The molecule has 0 bridgehead atoms. The Hall–Kier alpha value is -4.14. The van der Waals surface area contributed by atoms with Crippen molar-refractivity contribution in [2.75, 3.05) is 6.79 Å². The summed E-state index contributed by atoms with van der Waals surface area (Å²) in [6.07, 6.45) is 0. The van der Waals surface area contributed by atoms with Crippen LogP contribution in [0.1, 0.15) is 35.5 Å². The highest BCUT2D eigenvalue weighted by atomic mass is 16.7. The van der Waals surface area contributed by atoms with Gasteiger partial charge in [0.05, 0.1) is 22.5 Å². The average Bonchev–Trinajstić information content (AvgIpc) is 3.44. The van der Waals surface area contributed by atoms with E-state index in [1.807, 2.05) is 63.2 Å². The van der Waals surface area contributed by atoms with Crippen LogP contribution in [0.15, 0.2) is 47.3 Å². The van der Waals surface area contributed by atoms with Crippen LogP contribution in [0.5, 0.6) is 11.5 Å². The lowest BCUT2D eigenvalue weighted by molar-refractivity contribution is -0.124. The molecule has 1 N–H and O–H groups in total. The second-order valence-electron chi connectivity index (χ2n) is 8.47. The minimum absolute atomic E-state index is 0.192. The largest absolute Gasteiger partial charge is 0.454 e. The molecule has 0 fully saturated rings. The topological polar surface area (TPSA) is 100 Å². The van der Waals surface area contributed by atoms with Crippen LogP contribution in [0.25, 0.3) is 16.6 Å². The fourth-order valence-corrected chi connectivity index (χ4v) is 4.15. The Labute approximate surface area is 195 Å². The van der Waals surface area contributed by atoms with E-state index >= 15 is 0 Å².